The van der Waals surface area contributed by atoms with Crippen molar-refractivity contribution in [3.05, 3.63) is 51.6 Å². The van der Waals surface area contributed by atoms with E-state index in [0.29, 0.717) is 5.02 Å². The Morgan fingerprint density at radius 1 is 1.16 bits per heavy atom. The van der Waals surface area contributed by atoms with Crippen LogP contribution in [0.1, 0.15) is 65.9 Å². The molecule has 4 atom stereocenters. The van der Waals surface area contributed by atoms with Crippen LogP contribution >= 0.6 is 11.6 Å². The summed E-state index contributed by atoms with van der Waals surface area (Å²) >= 11 is 6.06. The van der Waals surface area contributed by atoms with Gasteiger partial charge in [0.25, 0.3) is 0 Å². The number of carbonyl (C=O) groups excluding carboxylic acids is 1. The molecule has 32 heavy (non-hydrogen) atoms. The van der Waals surface area contributed by atoms with Gasteiger partial charge in [0.15, 0.2) is 8.32 Å². The Labute approximate surface area is 199 Å². The van der Waals surface area contributed by atoms with Crippen molar-refractivity contribution in [2.45, 2.75) is 90.1 Å². The van der Waals surface area contributed by atoms with Gasteiger partial charge in [0.2, 0.25) is 0 Å². The number of ether oxygens (including phenoxy) is 1. The first-order valence-electron chi connectivity index (χ1n) is 12.3. The second kappa shape index (κ2) is 9.12. The van der Waals surface area contributed by atoms with Crippen LogP contribution in [0.5, 0.6) is 0 Å². The summed E-state index contributed by atoms with van der Waals surface area (Å²) in [5.41, 5.74) is 4.53. The van der Waals surface area contributed by atoms with E-state index in [0.717, 1.165) is 55.0 Å². The van der Waals surface area contributed by atoms with Crippen molar-refractivity contribution in [1.29, 1.82) is 0 Å². The number of rotatable bonds is 6. The molecular formula is C27H37ClO3Si. The van der Waals surface area contributed by atoms with Crippen molar-refractivity contribution >= 4 is 32.0 Å². The molecule has 1 saturated carbocycles. The van der Waals surface area contributed by atoms with E-state index in [1.807, 2.05) is 30.3 Å². The lowest BCUT2D eigenvalue weighted by molar-refractivity contribution is -0.143. The number of halogens is 1. The fraction of sp³-hybridized carbons (Fsp3) is 0.593. The molecule has 3 aliphatic rings. The lowest BCUT2D eigenvalue weighted by Crippen LogP contribution is -2.51. The molecule has 174 valence electrons. The van der Waals surface area contributed by atoms with Gasteiger partial charge < -0.3 is 9.16 Å². The second-order valence-electron chi connectivity index (χ2n) is 10.1. The van der Waals surface area contributed by atoms with Gasteiger partial charge in [-0.25, -0.2) is 4.79 Å². The van der Waals surface area contributed by atoms with Gasteiger partial charge in [0, 0.05) is 22.4 Å². The van der Waals surface area contributed by atoms with Gasteiger partial charge in [-0.15, -0.1) is 0 Å². The molecule has 2 fully saturated rings. The summed E-state index contributed by atoms with van der Waals surface area (Å²) in [6, 6.07) is 11.1. The maximum Gasteiger partial charge on any atom is 0.334 e. The Balaban J connectivity index is 1.72. The zero-order chi connectivity index (χ0) is 23.1. The highest BCUT2D eigenvalue weighted by atomic mass is 35.5. The minimum absolute atomic E-state index is 0.109. The van der Waals surface area contributed by atoms with E-state index in [9.17, 15) is 4.79 Å². The largest absolute Gasteiger partial charge is 0.458 e. The highest BCUT2D eigenvalue weighted by Crippen LogP contribution is 2.55. The molecule has 1 aromatic rings. The summed E-state index contributed by atoms with van der Waals surface area (Å²) < 4.78 is 13.4. The first-order valence-corrected chi connectivity index (χ1v) is 15.2. The van der Waals surface area contributed by atoms with Crippen LogP contribution in [-0.2, 0) is 14.0 Å². The quantitative estimate of drug-likeness (QED) is 0.185. The molecule has 0 aromatic heterocycles. The van der Waals surface area contributed by atoms with E-state index >= 15 is 0 Å². The Kier molecular flexibility index (Phi) is 6.77. The SMILES string of the molecule is CC[Si](CC)(CC)O[C@]1(C)CCC2=C(C)CC[C@H]3/C(=C\c4ccc(Cl)cc4)C(=O)O[C@@H]3[C@H]21. The standard InChI is InChI=1S/C27H37ClO3Si/c1-6-32(7-2,8-3)31-27(5)16-15-21-18(4)9-14-22-23(26(29)30-25(22)24(21)27)17-19-10-12-20(28)13-11-19/h10-13,17,22,24-25H,6-9,14-16H2,1-5H3/b23-17+/t22-,24-,25-,27+/m0/s1. The molecule has 0 amide bonds. The number of fused-ring (bicyclic) bond motifs is 3. The third kappa shape index (κ3) is 4.15. The van der Waals surface area contributed by atoms with Gasteiger partial charge in [-0.3, -0.25) is 0 Å². The monoisotopic (exact) mass is 472 g/mol. The summed E-state index contributed by atoms with van der Waals surface area (Å²) in [5, 5.41) is 0.701. The number of carbonyl (C=O) groups is 1. The van der Waals surface area contributed by atoms with E-state index in [1.165, 1.54) is 11.1 Å². The lowest BCUT2D eigenvalue weighted by atomic mass is 9.79. The summed E-state index contributed by atoms with van der Waals surface area (Å²) in [6.45, 7) is 11.5. The van der Waals surface area contributed by atoms with E-state index in [4.69, 9.17) is 20.8 Å². The first kappa shape index (κ1) is 23.8. The van der Waals surface area contributed by atoms with Crippen LogP contribution in [0, 0.1) is 11.8 Å². The average Bonchev–Trinajstić information content (AvgIpc) is 3.23. The highest BCUT2D eigenvalue weighted by molar-refractivity contribution is 6.73. The molecule has 0 bridgehead atoms. The molecule has 2 aliphatic carbocycles. The molecule has 4 rings (SSSR count). The molecule has 0 spiro atoms. The minimum Gasteiger partial charge on any atom is -0.458 e. The van der Waals surface area contributed by atoms with E-state index < -0.39 is 8.32 Å². The van der Waals surface area contributed by atoms with Crippen molar-refractivity contribution in [3.63, 3.8) is 0 Å². The zero-order valence-electron chi connectivity index (χ0n) is 20.2. The number of benzene rings is 1. The summed E-state index contributed by atoms with van der Waals surface area (Å²) in [7, 11) is -1.80. The molecule has 1 saturated heterocycles. The predicted molar refractivity (Wildman–Crippen MR) is 134 cm³/mol. The molecule has 0 radical (unpaired) electrons. The van der Waals surface area contributed by atoms with E-state index in [-0.39, 0.29) is 29.5 Å². The molecule has 1 heterocycles. The maximum atomic E-state index is 13.1. The van der Waals surface area contributed by atoms with Crippen LogP contribution in [0.25, 0.3) is 6.08 Å². The molecule has 0 unspecified atom stereocenters. The number of hydrogen-bond donors (Lipinski definition) is 0. The van der Waals surface area contributed by atoms with Crippen LogP contribution in [0.15, 0.2) is 41.0 Å². The first-order chi connectivity index (χ1) is 15.3. The Morgan fingerprint density at radius 2 is 1.81 bits per heavy atom. The molecule has 3 nitrogen and oxygen atoms in total. The number of allylic oxidation sites excluding steroid dienone is 1. The normalized spacial score (nSPS) is 31.5. The van der Waals surface area contributed by atoms with Gasteiger partial charge >= 0.3 is 5.97 Å². The van der Waals surface area contributed by atoms with Gasteiger partial charge in [-0.2, -0.15) is 0 Å². The van der Waals surface area contributed by atoms with Crippen LogP contribution in [-0.4, -0.2) is 26.0 Å². The zero-order valence-corrected chi connectivity index (χ0v) is 21.9. The Morgan fingerprint density at radius 3 is 2.44 bits per heavy atom. The molecule has 5 heteroatoms. The van der Waals surface area contributed by atoms with Crippen molar-refractivity contribution in [1.82, 2.24) is 0 Å². The number of hydrogen-bond acceptors (Lipinski definition) is 3. The Bertz CT molecular complexity index is 922. The molecule has 1 aliphatic heterocycles. The van der Waals surface area contributed by atoms with Crippen molar-refractivity contribution < 1.29 is 14.0 Å². The smallest absolute Gasteiger partial charge is 0.334 e. The molecule has 1 aromatic carbocycles. The summed E-state index contributed by atoms with van der Waals surface area (Å²) in [5.74, 6) is 0.109. The molecule has 0 N–H and O–H groups in total. The van der Waals surface area contributed by atoms with Crippen LogP contribution in [0.4, 0.5) is 0 Å². The number of esters is 1. The third-order valence-corrected chi connectivity index (χ3v) is 13.5. The van der Waals surface area contributed by atoms with Crippen molar-refractivity contribution in [2.24, 2.45) is 11.8 Å². The third-order valence-electron chi connectivity index (χ3n) is 8.48. The Hall–Kier alpha value is -1.36. The van der Waals surface area contributed by atoms with Crippen molar-refractivity contribution in [2.75, 3.05) is 0 Å². The summed E-state index contributed by atoms with van der Waals surface area (Å²) in [6.07, 6.45) is 5.95. The van der Waals surface area contributed by atoms with Gasteiger partial charge in [0.1, 0.15) is 6.10 Å². The van der Waals surface area contributed by atoms with Crippen LogP contribution < -0.4 is 0 Å². The average molecular weight is 473 g/mol. The van der Waals surface area contributed by atoms with Crippen LogP contribution in [0.3, 0.4) is 0 Å². The topological polar surface area (TPSA) is 35.5 Å². The van der Waals surface area contributed by atoms with Gasteiger partial charge in [0.05, 0.1) is 5.60 Å². The van der Waals surface area contributed by atoms with Gasteiger partial charge in [-0.1, -0.05) is 55.7 Å². The van der Waals surface area contributed by atoms with Gasteiger partial charge in [-0.05, 0) is 81.4 Å². The molecular weight excluding hydrogens is 436 g/mol. The van der Waals surface area contributed by atoms with Crippen molar-refractivity contribution in [3.8, 4) is 0 Å². The van der Waals surface area contributed by atoms with Crippen LogP contribution in [0.2, 0.25) is 23.2 Å². The lowest BCUT2D eigenvalue weighted by Gasteiger charge is -2.43. The predicted octanol–water partition coefficient (Wildman–Crippen LogP) is 7.57. The summed E-state index contributed by atoms with van der Waals surface area (Å²) in [4.78, 5) is 13.1. The fourth-order valence-electron chi connectivity index (χ4n) is 6.32. The maximum absolute atomic E-state index is 13.1. The second-order valence-corrected chi connectivity index (χ2v) is 15.2. The fourth-order valence-corrected chi connectivity index (χ4v) is 9.60. The van der Waals surface area contributed by atoms with E-state index in [2.05, 4.69) is 34.6 Å². The minimum atomic E-state index is -1.80. The highest BCUT2D eigenvalue weighted by Gasteiger charge is 2.57. The van der Waals surface area contributed by atoms with E-state index in [1.54, 1.807) is 0 Å².